The standard InChI is InChI=1S/C22H31N3O2S/c1-7-25(8-2)20-13-10-18(11-14-20)16-23-24-28(26,27)21-15-19(22(4,5)6)12-9-17(21)3/h9-16,24H,7-8H2,1-6H3/b23-16+. The first-order valence-electron chi connectivity index (χ1n) is 9.59. The monoisotopic (exact) mass is 401 g/mol. The molecule has 0 spiro atoms. The minimum Gasteiger partial charge on any atom is -0.372 e. The Labute approximate surface area is 169 Å². The molecule has 0 amide bonds. The van der Waals surface area contributed by atoms with Gasteiger partial charge in [-0.2, -0.15) is 13.5 Å². The zero-order valence-corrected chi connectivity index (χ0v) is 18.5. The summed E-state index contributed by atoms with van der Waals surface area (Å²) >= 11 is 0. The quantitative estimate of drug-likeness (QED) is 0.551. The van der Waals surface area contributed by atoms with Crippen molar-refractivity contribution in [1.82, 2.24) is 4.83 Å². The minimum absolute atomic E-state index is 0.131. The summed E-state index contributed by atoms with van der Waals surface area (Å²) < 4.78 is 25.4. The normalized spacial score (nSPS) is 12.4. The summed E-state index contributed by atoms with van der Waals surface area (Å²) in [6.45, 7) is 14.1. The number of hydrazone groups is 1. The van der Waals surface area contributed by atoms with E-state index >= 15 is 0 Å². The lowest BCUT2D eigenvalue weighted by molar-refractivity contribution is 0.577. The average molecular weight is 402 g/mol. The first-order valence-corrected chi connectivity index (χ1v) is 11.1. The maximum Gasteiger partial charge on any atom is 0.276 e. The molecule has 0 aliphatic carbocycles. The molecule has 2 aromatic rings. The van der Waals surface area contributed by atoms with E-state index in [1.54, 1.807) is 13.0 Å². The van der Waals surface area contributed by atoms with E-state index in [0.717, 1.165) is 29.9 Å². The summed E-state index contributed by atoms with van der Waals surface area (Å²) in [5.74, 6) is 0. The number of nitrogens with one attached hydrogen (secondary N) is 1. The fraction of sp³-hybridized carbons (Fsp3) is 0.409. The van der Waals surface area contributed by atoms with Crippen molar-refractivity contribution in [1.29, 1.82) is 0 Å². The SMILES string of the molecule is CCN(CC)c1ccc(/C=N/NS(=O)(=O)c2cc(C(C)(C)C)ccc2C)cc1. The van der Waals surface area contributed by atoms with Crippen LogP contribution in [-0.4, -0.2) is 27.7 Å². The van der Waals surface area contributed by atoms with Crippen LogP contribution < -0.4 is 9.73 Å². The molecule has 1 N–H and O–H groups in total. The van der Waals surface area contributed by atoms with Crippen LogP contribution in [0.1, 0.15) is 51.3 Å². The smallest absolute Gasteiger partial charge is 0.276 e. The molecule has 152 valence electrons. The number of hydrogen-bond acceptors (Lipinski definition) is 4. The predicted molar refractivity (Wildman–Crippen MR) is 118 cm³/mol. The fourth-order valence-electron chi connectivity index (χ4n) is 2.94. The molecule has 0 aliphatic rings. The summed E-state index contributed by atoms with van der Waals surface area (Å²) in [7, 11) is -3.73. The molecule has 0 heterocycles. The van der Waals surface area contributed by atoms with Gasteiger partial charge in [0.25, 0.3) is 10.0 Å². The third-order valence-corrected chi connectivity index (χ3v) is 6.12. The summed E-state index contributed by atoms with van der Waals surface area (Å²) in [5, 5.41) is 3.96. The van der Waals surface area contributed by atoms with Gasteiger partial charge in [0, 0.05) is 18.8 Å². The fourth-order valence-corrected chi connectivity index (χ4v) is 4.00. The van der Waals surface area contributed by atoms with Crippen LogP contribution in [0.2, 0.25) is 0 Å². The van der Waals surface area contributed by atoms with E-state index in [0.29, 0.717) is 5.56 Å². The van der Waals surface area contributed by atoms with Crippen molar-refractivity contribution in [2.24, 2.45) is 5.10 Å². The molecule has 0 saturated heterocycles. The van der Waals surface area contributed by atoms with Crippen LogP contribution >= 0.6 is 0 Å². The van der Waals surface area contributed by atoms with Gasteiger partial charge in [-0.1, -0.05) is 45.0 Å². The Hall–Kier alpha value is -2.34. The highest BCUT2D eigenvalue weighted by molar-refractivity contribution is 7.89. The van der Waals surface area contributed by atoms with Crippen LogP contribution in [-0.2, 0) is 15.4 Å². The molecular formula is C22H31N3O2S. The van der Waals surface area contributed by atoms with E-state index in [4.69, 9.17) is 0 Å². The predicted octanol–water partition coefficient (Wildman–Crippen LogP) is 4.45. The van der Waals surface area contributed by atoms with Gasteiger partial charge in [0.15, 0.2) is 0 Å². The third-order valence-electron chi connectivity index (χ3n) is 4.75. The van der Waals surface area contributed by atoms with Gasteiger partial charge in [-0.05, 0) is 61.1 Å². The summed E-state index contributed by atoms with van der Waals surface area (Å²) in [5.41, 5.74) is 3.50. The number of anilines is 1. The van der Waals surface area contributed by atoms with E-state index in [9.17, 15) is 8.42 Å². The van der Waals surface area contributed by atoms with E-state index in [1.165, 1.54) is 6.21 Å². The lowest BCUT2D eigenvalue weighted by atomic mass is 9.87. The number of sulfonamides is 1. The number of aryl methyl sites for hydroxylation is 1. The van der Waals surface area contributed by atoms with E-state index in [-0.39, 0.29) is 10.3 Å². The molecule has 0 unspecified atom stereocenters. The van der Waals surface area contributed by atoms with Crippen LogP contribution in [0.25, 0.3) is 0 Å². The number of benzene rings is 2. The first kappa shape index (κ1) is 22.0. The largest absolute Gasteiger partial charge is 0.372 e. The van der Waals surface area contributed by atoms with Gasteiger partial charge in [-0.3, -0.25) is 0 Å². The van der Waals surface area contributed by atoms with Crippen molar-refractivity contribution in [2.45, 2.75) is 51.9 Å². The molecule has 0 radical (unpaired) electrons. The van der Waals surface area contributed by atoms with Crippen molar-refractivity contribution in [2.75, 3.05) is 18.0 Å². The molecule has 2 aromatic carbocycles. The third kappa shape index (κ3) is 5.35. The molecule has 5 nitrogen and oxygen atoms in total. The Morgan fingerprint density at radius 2 is 1.64 bits per heavy atom. The second kappa shape index (κ2) is 8.78. The molecule has 0 aliphatic heterocycles. The Morgan fingerprint density at radius 3 is 2.18 bits per heavy atom. The molecular weight excluding hydrogens is 370 g/mol. The van der Waals surface area contributed by atoms with Gasteiger partial charge in [-0.15, -0.1) is 0 Å². The second-order valence-electron chi connectivity index (χ2n) is 7.85. The maximum atomic E-state index is 12.7. The zero-order chi connectivity index (χ0) is 20.9. The molecule has 0 saturated carbocycles. The Bertz CT molecular complexity index is 923. The van der Waals surface area contributed by atoms with Gasteiger partial charge in [-0.25, -0.2) is 4.83 Å². The Balaban J connectivity index is 2.17. The van der Waals surface area contributed by atoms with E-state index in [2.05, 4.69) is 49.5 Å². The molecule has 0 fully saturated rings. The lowest BCUT2D eigenvalue weighted by Gasteiger charge is -2.21. The number of nitrogens with zero attached hydrogens (tertiary/aromatic N) is 2. The van der Waals surface area contributed by atoms with E-state index in [1.807, 2.05) is 36.4 Å². The van der Waals surface area contributed by atoms with E-state index < -0.39 is 10.0 Å². The maximum absolute atomic E-state index is 12.7. The minimum atomic E-state index is -3.73. The Morgan fingerprint density at radius 1 is 1.04 bits per heavy atom. The van der Waals surface area contributed by atoms with Gasteiger partial charge >= 0.3 is 0 Å². The molecule has 28 heavy (non-hydrogen) atoms. The first-order chi connectivity index (χ1) is 13.1. The molecule has 0 bridgehead atoms. The summed E-state index contributed by atoms with van der Waals surface area (Å²) in [4.78, 5) is 4.84. The van der Waals surface area contributed by atoms with Crippen molar-refractivity contribution in [3.63, 3.8) is 0 Å². The lowest BCUT2D eigenvalue weighted by Crippen LogP contribution is -2.21. The van der Waals surface area contributed by atoms with Crippen molar-refractivity contribution in [3.8, 4) is 0 Å². The van der Waals surface area contributed by atoms with Crippen molar-refractivity contribution >= 4 is 21.9 Å². The van der Waals surface area contributed by atoms with Crippen LogP contribution in [0, 0.1) is 6.92 Å². The molecule has 0 atom stereocenters. The van der Waals surface area contributed by atoms with Crippen LogP contribution in [0.3, 0.4) is 0 Å². The van der Waals surface area contributed by atoms with Gasteiger partial charge < -0.3 is 4.90 Å². The summed E-state index contributed by atoms with van der Waals surface area (Å²) in [6.07, 6.45) is 1.52. The van der Waals surface area contributed by atoms with Crippen LogP contribution in [0.15, 0.2) is 52.5 Å². The molecule has 2 rings (SSSR count). The number of rotatable bonds is 7. The Kier molecular flexibility index (Phi) is 6.88. The van der Waals surface area contributed by atoms with Gasteiger partial charge in [0.2, 0.25) is 0 Å². The molecule has 0 aromatic heterocycles. The topological polar surface area (TPSA) is 61.8 Å². The molecule has 6 heteroatoms. The van der Waals surface area contributed by atoms with Crippen molar-refractivity contribution in [3.05, 3.63) is 59.2 Å². The highest BCUT2D eigenvalue weighted by Gasteiger charge is 2.21. The van der Waals surface area contributed by atoms with Crippen molar-refractivity contribution < 1.29 is 8.42 Å². The highest BCUT2D eigenvalue weighted by atomic mass is 32.2. The van der Waals surface area contributed by atoms with Gasteiger partial charge in [0.1, 0.15) is 0 Å². The average Bonchev–Trinajstić information content (AvgIpc) is 2.63. The van der Waals surface area contributed by atoms with Crippen LogP contribution in [0.4, 0.5) is 5.69 Å². The summed E-state index contributed by atoms with van der Waals surface area (Å²) in [6, 6.07) is 13.4. The zero-order valence-electron chi connectivity index (χ0n) is 17.7. The second-order valence-corrected chi connectivity index (χ2v) is 9.48. The highest BCUT2D eigenvalue weighted by Crippen LogP contribution is 2.26. The number of hydrogen-bond donors (Lipinski definition) is 1. The van der Waals surface area contributed by atoms with Gasteiger partial charge in [0.05, 0.1) is 11.1 Å². The van der Waals surface area contributed by atoms with Crippen LogP contribution in [0.5, 0.6) is 0 Å².